The molecule has 3 atom stereocenters. The zero-order valence-electron chi connectivity index (χ0n) is 15.1. The van der Waals surface area contributed by atoms with Crippen LogP contribution in [0.25, 0.3) is 0 Å². The third kappa shape index (κ3) is 2.63. The molecule has 1 aromatic carbocycles. The first-order chi connectivity index (χ1) is 12.6. The molecule has 1 N–H and O–H groups in total. The van der Waals surface area contributed by atoms with Crippen LogP contribution in [-0.4, -0.2) is 35.8 Å². The van der Waals surface area contributed by atoms with Gasteiger partial charge >= 0.3 is 0 Å². The van der Waals surface area contributed by atoms with Gasteiger partial charge < -0.3 is 10.1 Å². The van der Waals surface area contributed by atoms with Crippen LogP contribution in [0.15, 0.2) is 30.5 Å². The average molecular weight is 357 g/mol. The molecule has 26 heavy (non-hydrogen) atoms. The van der Waals surface area contributed by atoms with Crippen molar-refractivity contribution in [2.24, 2.45) is 11.3 Å². The molecule has 2 fully saturated rings. The van der Waals surface area contributed by atoms with E-state index in [0.29, 0.717) is 36.5 Å². The van der Waals surface area contributed by atoms with E-state index in [1.165, 1.54) is 11.8 Å². The summed E-state index contributed by atoms with van der Waals surface area (Å²) in [6.07, 6.45) is 3.39. The molecule has 0 amide bonds. The van der Waals surface area contributed by atoms with Crippen LogP contribution in [0, 0.1) is 17.2 Å². The van der Waals surface area contributed by atoms with Crippen LogP contribution >= 0.6 is 0 Å². The molecule has 1 aliphatic heterocycles. The zero-order chi connectivity index (χ0) is 18.3. The van der Waals surface area contributed by atoms with Gasteiger partial charge in [0.15, 0.2) is 6.29 Å². The number of fused-ring (bicyclic) bond motifs is 1. The highest BCUT2D eigenvalue weighted by molar-refractivity contribution is 5.79. The van der Waals surface area contributed by atoms with Gasteiger partial charge in [0.05, 0.1) is 12.2 Å². The van der Waals surface area contributed by atoms with Gasteiger partial charge in [0.1, 0.15) is 11.6 Å². The minimum absolute atomic E-state index is 0.00110. The van der Waals surface area contributed by atoms with Crippen molar-refractivity contribution in [2.45, 2.75) is 32.2 Å². The second-order valence-electron chi connectivity index (χ2n) is 7.62. The molecule has 6 heteroatoms. The number of nitrogens with one attached hydrogen (secondary N) is 1. The first-order valence-electron chi connectivity index (χ1n) is 9.19. The molecule has 1 saturated heterocycles. The van der Waals surface area contributed by atoms with Gasteiger partial charge in [0.25, 0.3) is 0 Å². The molecular weight excluding hydrogens is 333 g/mol. The van der Waals surface area contributed by atoms with E-state index in [1.807, 2.05) is 6.20 Å². The van der Waals surface area contributed by atoms with Crippen LogP contribution in [0.4, 0.5) is 4.39 Å². The van der Waals surface area contributed by atoms with Gasteiger partial charge in [0, 0.05) is 29.3 Å². The van der Waals surface area contributed by atoms with Crippen LogP contribution in [0.5, 0.6) is 5.75 Å². The van der Waals surface area contributed by atoms with E-state index in [2.05, 4.69) is 35.0 Å². The van der Waals surface area contributed by atoms with E-state index < -0.39 is 5.82 Å². The van der Waals surface area contributed by atoms with E-state index in [-0.39, 0.29) is 11.0 Å². The Bertz CT molecular complexity index is 819. The van der Waals surface area contributed by atoms with Crippen molar-refractivity contribution < 1.29 is 13.9 Å². The Morgan fingerprint density at radius 3 is 3.08 bits per heavy atom. The van der Waals surface area contributed by atoms with Crippen molar-refractivity contribution in [2.75, 3.05) is 19.7 Å². The minimum Gasteiger partial charge on any atom is -0.492 e. The summed E-state index contributed by atoms with van der Waals surface area (Å²) in [6, 6.07) is 6.93. The summed E-state index contributed by atoms with van der Waals surface area (Å²) in [5.74, 6) is 0.631. The standard InChI is InChI=1S/C20H24FN3O2/c1-13(2)24-17(6-8-23-24)19-15-10-22-9-7-20(15,19)12-26-18-5-3-4-16(21)14(18)11-25/h3-6,8,11,13,15,19,22H,7,9-10,12H2,1-2H3/t15?,19?,20-/m0/s1. The van der Waals surface area contributed by atoms with E-state index >= 15 is 0 Å². The summed E-state index contributed by atoms with van der Waals surface area (Å²) in [5, 5.41) is 7.95. The van der Waals surface area contributed by atoms with Crippen LogP contribution < -0.4 is 10.1 Å². The summed E-state index contributed by atoms with van der Waals surface area (Å²) in [4.78, 5) is 11.2. The summed E-state index contributed by atoms with van der Waals surface area (Å²) in [6.45, 7) is 6.63. The Kier molecular flexibility index (Phi) is 4.31. The molecule has 5 nitrogen and oxygen atoms in total. The highest BCUT2D eigenvalue weighted by Gasteiger charge is 2.66. The lowest BCUT2D eigenvalue weighted by Gasteiger charge is -2.24. The quantitative estimate of drug-likeness (QED) is 0.807. The Morgan fingerprint density at radius 2 is 2.31 bits per heavy atom. The zero-order valence-corrected chi connectivity index (χ0v) is 15.1. The minimum atomic E-state index is -0.540. The number of carbonyl (C=O) groups is 1. The lowest BCUT2D eigenvalue weighted by Crippen LogP contribution is -2.32. The van der Waals surface area contributed by atoms with Crippen LogP contribution in [0.1, 0.15) is 48.3 Å². The number of piperidine rings is 1. The molecule has 1 aliphatic carbocycles. The van der Waals surface area contributed by atoms with E-state index in [0.717, 1.165) is 19.5 Å². The van der Waals surface area contributed by atoms with E-state index in [1.54, 1.807) is 12.1 Å². The molecule has 1 saturated carbocycles. The molecule has 2 heterocycles. The van der Waals surface area contributed by atoms with Crippen LogP contribution in [-0.2, 0) is 0 Å². The number of aldehydes is 1. The van der Waals surface area contributed by atoms with Crippen molar-refractivity contribution in [3.63, 3.8) is 0 Å². The number of benzene rings is 1. The highest BCUT2D eigenvalue weighted by atomic mass is 19.1. The number of aromatic nitrogens is 2. The predicted molar refractivity (Wildman–Crippen MR) is 96.0 cm³/mol. The van der Waals surface area contributed by atoms with Crippen molar-refractivity contribution in [3.05, 3.63) is 47.5 Å². The van der Waals surface area contributed by atoms with Gasteiger partial charge in [-0.15, -0.1) is 0 Å². The lowest BCUT2D eigenvalue weighted by atomic mass is 9.95. The Morgan fingerprint density at radius 1 is 1.46 bits per heavy atom. The second-order valence-corrected chi connectivity index (χ2v) is 7.62. The number of hydrogen-bond acceptors (Lipinski definition) is 4. The van der Waals surface area contributed by atoms with Crippen molar-refractivity contribution in [3.8, 4) is 5.75 Å². The molecule has 0 spiro atoms. The number of carbonyl (C=O) groups excluding carboxylic acids is 1. The smallest absolute Gasteiger partial charge is 0.156 e. The lowest BCUT2D eigenvalue weighted by molar-refractivity contribution is 0.111. The summed E-state index contributed by atoms with van der Waals surface area (Å²) in [5.41, 5.74) is 1.26. The highest BCUT2D eigenvalue weighted by Crippen LogP contribution is 2.67. The van der Waals surface area contributed by atoms with Gasteiger partial charge in [0.2, 0.25) is 0 Å². The summed E-state index contributed by atoms with van der Waals surface area (Å²) < 4.78 is 21.9. The predicted octanol–water partition coefficient (Wildman–Crippen LogP) is 3.19. The SMILES string of the molecule is CC(C)n1nccc1C1C2CNCC[C@]21COc1cccc(F)c1C=O. The van der Waals surface area contributed by atoms with Gasteiger partial charge in [-0.3, -0.25) is 9.48 Å². The number of rotatable bonds is 6. The maximum absolute atomic E-state index is 13.8. The third-order valence-electron chi connectivity index (χ3n) is 5.92. The molecular formula is C20H24FN3O2. The molecule has 4 rings (SSSR count). The fourth-order valence-electron chi connectivity index (χ4n) is 4.56. The second kappa shape index (κ2) is 6.50. The fourth-order valence-corrected chi connectivity index (χ4v) is 4.56. The Hall–Kier alpha value is -2.21. The van der Waals surface area contributed by atoms with Gasteiger partial charge in [-0.1, -0.05) is 6.07 Å². The largest absolute Gasteiger partial charge is 0.492 e. The molecule has 0 bridgehead atoms. The molecule has 0 radical (unpaired) electrons. The number of nitrogens with zero attached hydrogens (tertiary/aromatic N) is 2. The normalized spacial score (nSPS) is 27.2. The van der Waals surface area contributed by atoms with E-state index in [4.69, 9.17) is 4.74 Å². The topological polar surface area (TPSA) is 56.1 Å². The average Bonchev–Trinajstić information content (AvgIpc) is 3.03. The first-order valence-corrected chi connectivity index (χ1v) is 9.19. The maximum atomic E-state index is 13.8. The number of hydrogen-bond donors (Lipinski definition) is 1. The Labute approximate surface area is 152 Å². The van der Waals surface area contributed by atoms with Gasteiger partial charge in [-0.25, -0.2) is 4.39 Å². The molecule has 138 valence electrons. The summed E-state index contributed by atoms with van der Waals surface area (Å²) in [7, 11) is 0. The van der Waals surface area contributed by atoms with Gasteiger partial charge in [-0.2, -0.15) is 5.10 Å². The molecule has 1 aromatic heterocycles. The van der Waals surface area contributed by atoms with Crippen molar-refractivity contribution in [1.82, 2.24) is 15.1 Å². The van der Waals surface area contributed by atoms with Crippen molar-refractivity contribution in [1.29, 1.82) is 0 Å². The van der Waals surface area contributed by atoms with Crippen LogP contribution in [0.3, 0.4) is 0 Å². The first kappa shape index (κ1) is 17.2. The van der Waals surface area contributed by atoms with Crippen molar-refractivity contribution >= 4 is 6.29 Å². The maximum Gasteiger partial charge on any atom is 0.156 e. The Balaban J connectivity index is 1.59. The molecule has 2 unspecified atom stereocenters. The van der Waals surface area contributed by atoms with Crippen LogP contribution in [0.2, 0.25) is 0 Å². The number of halogens is 1. The summed E-state index contributed by atoms with van der Waals surface area (Å²) >= 11 is 0. The van der Waals surface area contributed by atoms with E-state index in [9.17, 15) is 9.18 Å². The van der Waals surface area contributed by atoms with Gasteiger partial charge in [-0.05, 0) is 57.5 Å². The monoisotopic (exact) mass is 357 g/mol. The third-order valence-corrected chi connectivity index (χ3v) is 5.92. The fraction of sp³-hybridized carbons (Fsp3) is 0.500. The molecule has 2 aliphatic rings. The molecule has 2 aromatic rings. The number of ether oxygens (including phenoxy) is 1.